The molecule has 0 bridgehead atoms. The van der Waals surface area contributed by atoms with Crippen molar-refractivity contribution in [3.63, 3.8) is 0 Å². The summed E-state index contributed by atoms with van der Waals surface area (Å²) in [6, 6.07) is 10.7. The molecule has 1 saturated heterocycles. The third-order valence-corrected chi connectivity index (χ3v) is 3.57. The molecule has 1 amide bonds. The second-order valence-electron chi connectivity index (χ2n) is 5.16. The average Bonchev–Trinajstić information content (AvgIpc) is 2.39. The van der Waals surface area contributed by atoms with E-state index in [2.05, 4.69) is 30.3 Å². The second-order valence-corrected chi connectivity index (χ2v) is 5.16. The van der Waals surface area contributed by atoms with E-state index in [1.807, 2.05) is 18.7 Å². The van der Waals surface area contributed by atoms with Crippen LogP contribution in [0.5, 0.6) is 0 Å². The highest BCUT2D eigenvalue weighted by molar-refractivity contribution is 5.78. The van der Waals surface area contributed by atoms with E-state index in [4.69, 9.17) is 0 Å². The molecule has 0 aromatic heterocycles. The van der Waals surface area contributed by atoms with Crippen LogP contribution in [0.4, 0.5) is 0 Å². The van der Waals surface area contributed by atoms with E-state index < -0.39 is 0 Å². The summed E-state index contributed by atoms with van der Waals surface area (Å²) in [5.41, 5.74) is 1.42. The van der Waals surface area contributed by atoms with Crippen LogP contribution >= 0.6 is 0 Å². The lowest BCUT2D eigenvalue weighted by molar-refractivity contribution is -0.135. The summed E-state index contributed by atoms with van der Waals surface area (Å²) in [6.07, 6.45) is 2.20. The highest BCUT2D eigenvalue weighted by atomic mass is 16.2. The normalized spacial score (nSPS) is 17.5. The third-order valence-electron chi connectivity index (χ3n) is 3.57. The number of likely N-dealkylation sites (tertiary alicyclic amines) is 1. The van der Waals surface area contributed by atoms with Gasteiger partial charge in [0.2, 0.25) is 5.91 Å². The van der Waals surface area contributed by atoms with Crippen molar-refractivity contribution < 1.29 is 4.79 Å². The largest absolute Gasteiger partial charge is 0.342 e. The van der Waals surface area contributed by atoms with Crippen molar-refractivity contribution in [3.8, 4) is 0 Å². The summed E-state index contributed by atoms with van der Waals surface area (Å²) in [4.78, 5) is 13.9. The Morgan fingerprint density at radius 1 is 1.18 bits per heavy atom. The zero-order chi connectivity index (χ0) is 12.3. The first kappa shape index (κ1) is 12.2. The van der Waals surface area contributed by atoms with E-state index in [9.17, 15) is 4.79 Å². The second kappa shape index (κ2) is 5.35. The molecule has 1 aromatic rings. The summed E-state index contributed by atoms with van der Waals surface area (Å²) >= 11 is 0. The van der Waals surface area contributed by atoms with Crippen LogP contribution in [0.3, 0.4) is 0 Å². The standard InChI is InChI=1S/C15H21NO/c1-12(2)15(17)16-10-8-14(9-11-16)13-6-4-3-5-7-13/h3-7,12,14H,8-11H2,1-2H3. The SMILES string of the molecule is CC(C)C(=O)N1CCC(c2ccccc2)CC1. The Hall–Kier alpha value is -1.31. The van der Waals surface area contributed by atoms with Gasteiger partial charge in [0.05, 0.1) is 0 Å². The van der Waals surface area contributed by atoms with Gasteiger partial charge >= 0.3 is 0 Å². The maximum Gasteiger partial charge on any atom is 0.225 e. The molecule has 1 aliphatic heterocycles. The van der Waals surface area contributed by atoms with Crippen LogP contribution in [0.25, 0.3) is 0 Å². The third kappa shape index (κ3) is 2.87. The summed E-state index contributed by atoms with van der Waals surface area (Å²) < 4.78 is 0. The summed E-state index contributed by atoms with van der Waals surface area (Å²) in [6.45, 7) is 5.78. The quantitative estimate of drug-likeness (QED) is 0.766. The Balaban J connectivity index is 1.93. The van der Waals surface area contributed by atoms with Gasteiger partial charge in [-0.15, -0.1) is 0 Å². The molecule has 2 nitrogen and oxygen atoms in total. The number of carbonyl (C=O) groups excluding carboxylic acids is 1. The van der Waals surface area contributed by atoms with E-state index >= 15 is 0 Å². The fourth-order valence-electron chi connectivity index (χ4n) is 2.52. The van der Waals surface area contributed by atoms with Gasteiger partial charge in [-0.05, 0) is 24.3 Å². The Morgan fingerprint density at radius 2 is 1.76 bits per heavy atom. The van der Waals surface area contributed by atoms with E-state index in [1.54, 1.807) is 0 Å². The lowest BCUT2D eigenvalue weighted by atomic mass is 9.89. The van der Waals surface area contributed by atoms with E-state index in [-0.39, 0.29) is 5.92 Å². The van der Waals surface area contributed by atoms with Gasteiger partial charge in [-0.3, -0.25) is 4.79 Å². The number of benzene rings is 1. The van der Waals surface area contributed by atoms with E-state index in [1.165, 1.54) is 5.56 Å². The minimum atomic E-state index is 0.128. The zero-order valence-corrected chi connectivity index (χ0v) is 10.7. The van der Waals surface area contributed by atoms with Crippen molar-refractivity contribution in [2.24, 2.45) is 5.92 Å². The van der Waals surface area contributed by atoms with Crippen LogP contribution in [0, 0.1) is 5.92 Å². The summed E-state index contributed by atoms with van der Waals surface area (Å²) in [7, 11) is 0. The molecule has 0 saturated carbocycles. The molecular formula is C15H21NO. The number of piperidine rings is 1. The highest BCUT2D eigenvalue weighted by Gasteiger charge is 2.24. The van der Waals surface area contributed by atoms with Gasteiger partial charge in [0.25, 0.3) is 0 Å². The van der Waals surface area contributed by atoms with Crippen molar-refractivity contribution in [2.45, 2.75) is 32.6 Å². The van der Waals surface area contributed by atoms with Crippen molar-refractivity contribution in [1.29, 1.82) is 0 Å². The summed E-state index contributed by atoms with van der Waals surface area (Å²) in [5, 5.41) is 0. The number of amides is 1. The number of hydrogen-bond donors (Lipinski definition) is 0. The van der Waals surface area contributed by atoms with Gasteiger partial charge < -0.3 is 4.90 Å². The molecule has 0 atom stereocenters. The van der Waals surface area contributed by atoms with Crippen molar-refractivity contribution in [1.82, 2.24) is 4.90 Å². The van der Waals surface area contributed by atoms with E-state index in [0.29, 0.717) is 11.8 Å². The van der Waals surface area contributed by atoms with Crippen LogP contribution in [0.1, 0.15) is 38.2 Å². The average molecular weight is 231 g/mol. The molecule has 0 unspecified atom stereocenters. The molecule has 1 aromatic carbocycles. The fraction of sp³-hybridized carbons (Fsp3) is 0.533. The van der Waals surface area contributed by atoms with Crippen molar-refractivity contribution in [3.05, 3.63) is 35.9 Å². The molecule has 1 fully saturated rings. The molecule has 2 rings (SSSR count). The van der Waals surface area contributed by atoms with Crippen LogP contribution in [-0.4, -0.2) is 23.9 Å². The Kier molecular flexibility index (Phi) is 3.82. The number of rotatable bonds is 2. The smallest absolute Gasteiger partial charge is 0.225 e. The van der Waals surface area contributed by atoms with Crippen molar-refractivity contribution >= 4 is 5.91 Å². The van der Waals surface area contributed by atoms with Gasteiger partial charge in [-0.2, -0.15) is 0 Å². The fourth-order valence-corrected chi connectivity index (χ4v) is 2.52. The first-order chi connectivity index (χ1) is 8.18. The molecule has 0 aliphatic carbocycles. The summed E-state index contributed by atoms with van der Waals surface area (Å²) in [5.74, 6) is 1.06. The van der Waals surface area contributed by atoms with Crippen LogP contribution in [-0.2, 0) is 4.79 Å². The minimum Gasteiger partial charge on any atom is -0.342 e. The molecule has 0 spiro atoms. The topological polar surface area (TPSA) is 20.3 Å². The van der Waals surface area contributed by atoms with Crippen LogP contribution in [0.2, 0.25) is 0 Å². The first-order valence-electron chi connectivity index (χ1n) is 6.52. The molecule has 92 valence electrons. The number of nitrogens with zero attached hydrogens (tertiary/aromatic N) is 1. The maximum absolute atomic E-state index is 11.9. The molecule has 1 heterocycles. The predicted molar refractivity (Wildman–Crippen MR) is 69.8 cm³/mol. The number of hydrogen-bond acceptors (Lipinski definition) is 1. The molecule has 0 N–H and O–H groups in total. The van der Waals surface area contributed by atoms with Crippen LogP contribution in [0.15, 0.2) is 30.3 Å². The van der Waals surface area contributed by atoms with Crippen LogP contribution < -0.4 is 0 Å². The number of carbonyl (C=O) groups is 1. The van der Waals surface area contributed by atoms with Gasteiger partial charge in [0, 0.05) is 19.0 Å². The first-order valence-corrected chi connectivity index (χ1v) is 6.52. The molecule has 17 heavy (non-hydrogen) atoms. The predicted octanol–water partition coefficient (Wildman–Crippen LogP) is 3.05. The lowest BCUT2D eigenvalue weighted by Gasteiger charge is -2.33. The zero-order valence-electron chi connectivity index (χ0n) is 10.7. The molecule has 2 heteroatoms. The molecule has 1 aliphatic rings. The monoisotopic (exact) mass is 231 g/mol. The molecule has 0 radical (unpaired) electrons. The highest BCUT2D eigenvalue weighted by Crippen LogP contribution is 2.28. The lowest BCUT2D eigenvalue weighted by Crippen LogP contribution is -2.40. The molecular weight excluding hydrogens is 210 g/mol. The van der Waals surface area contributed by atoms with Gasteiger partial charge in [-0.25, -0.2) is 0 Å². The Bertz CT molecular complexity index is 364. The van der Waals surface area contributed by atoms with E-state index in [0.717, 1.165) is 25.9 Å². The van der Waals surface area contributed by atoms with Crippen molar-refractivity contribution in [2.75, 3.05) is 13.1 Å². The maximum atomic E-state index is 11.9. The Labute approximate surface area is 104 Å². The minimum absolute atomic E-state index is 0.128. The van der Waals surface area contributed by atoms with Gasteiger partial charge in [0.1, 0.15) is 0 Å². The van der Waals surface area contributed by atoms with Gasteiger partial charge in [-0.1, -0.05) is 44.2 Å². The van der Waals surface area contributed by atoms with Gasteiger partial charge in [0.15, 0.2) is 0 Å². The Morgan fingerprint density at radius 3 is 2.29 bits per heavy atom.